The zero-order chi connectivity index (χ0) is 14.2. The number of nitrogens with one attached hydrogen (secondary N) is 1. The van der Waals surface area contributed by atoms with Crippen LogP contribution in [-0.4, -0.2) is 12.5 Å². The summed E-state index contributed by atoms with van der Waals surface area (Å²) in [6.45, 7) is 3.05. The van der Waals surface area contributed by atoms with Gasteiger partial charge in [-0.1, -0.05) is 12.1 Å². The zero-order valence-electron chi connectivity index (χ0n) is 11.3. The van der Waals surface area contributed by atoms with E-state index in [9.17, 15) is 4.79 Å². The van der Waals surface area contributed by atoms with Crippen molar-refractivity contribution in [1.82, 2.24) is 5.32 Å². The van der Waals surface area contributed by atoms with Crippen molar-refractivity contribution in [2.24, 2.45) is 0 Å². The van der Waals surface area contributed by atoms with Crippen LogP contribution in [0.5, 0.6) is 5.75 Å². The SMILES string of the molecule is CCOc1ccc(C=CC(=O)NCc2ccoc2)cc1. The van der Waals surface area contributed by atoms with Crippen LogP contribution >= 0.6 is 0 Å². The number of carbonyl (C=O) groups is 1. The molecule has 1 N–H and O–H groups in total. The lowest BCUT2D eigenvalue weighted by Gasteiger charge is -2.02. The van der Waals surface area contributed by atoms with Crippen LogP contribution < -0.4 is 10.1 Å². The van der Waals surface area contributed by atoms with E-state index in [2.05, 4.69) is 5.32 Å². The van der Waals surface area contributed by atoms with E-state index < -0.39 is 0 Å². The molecule has 0 unspecified atom stereocenters. The average molecular weight is 271 g/mol. The molecule has 20 heavy (non-hydrogen) atoms. The van der Waals surface area contributed by atoms with Gasteiger partial charge in [-0.3, -0.25) is 4.79 Å². The summed E-state index contributed by atoms with van der Waals surface area (Å²) in [6.07, 6.45) is 6.46. The van der Waals surface area contributed by atoms with E-state index in [0.29, 0.717) is 13.2 Å². The molecular weight excluding hydrogens is 254 g/mol. The summed E-state index contributed by atoms with van der Waals surface area (Å²) in [6, 6.07) is 9.39. The van der Waals surface area contributed by atoms with Gasteiger partial charge in [0.15, 0.2) is 0 Å². The van der Waals surface area contributed by atoms with Crippen molar-refractivity contribution >= 4 is 12.0 Å². The number of furan rings is 1. The summed E-state index contributed by atoms with van der Waals surface area (Å²) in [5.41, 5.74) is 1.89. The van der Waals surface area contributed by atoms with Gasteiger partial charge in [0.05, 0.1) is 19.1 Å². The zero-order valence-corrected chi connectivity index (χ0v) is 11.3. The van der Waals surface area contributed by atoms with E-state index >= 15 is 0 Å². The van der Waals surface area contributed by atoms with Crippen LogP contribution in [0.4, 0.5) is 0 Å². The minimum Gasteiger partial charge on any atom is -0.494 e. The topological polar surface area (TPSA) is 51.5 Å². The van der Waals surface area contributed by atoms with Gasteiger partial charge >= 0.3 is 0 Å². The van der Waals surface area contributed by atoms with Crippen molar-refractivity contribution in [3.63, 3.8) is 0 Å². The van der Waals surface area contributed by atoms with E-state index in [1.807, 2.05) is 37.3 Å². The van der Waals surface area contributed by atoms with Crippen LogP contribution in [0, 0.1) is 0 Å². The molecule has 0 bridgehead atoms. The fourth-order valence-corrected chi connectivity index (χ4v) is 1.66. The van der Waals surface area contributed by atoms with Crippen LogP contribution in [0.2, 0.25) is 0 Å². The Kier molecular flexibility index (Phi) is 5.00. The van der Waals surface area contributed by atoms with E-state index in [-0.39, 0.29) is 5.91 Å². The maximum Gasteiger partial charge on any atom is 0.244 e. The molecule has 1 aromatic heterocycles. The molecule has 0 spiro atoms. The van der Waals surface area contributed by atoms with Gasteiger partial charge < -0.3 is 14.5 Å². The third kappa shape index (κ3) is 4.31. The first-order valence-electron chi connectivity index (χ1n) is 6.48. The van der Waals surface area contributed by atoms with Crippen LogP contribution in [-0.2, 0) is 11.3 Å². The molecule has 1 aromatic carbocycles. The summed E-state index contributed by atoms with van der Waals surface area (Å²) in [7, 11) is 0. The lowest BCUT2D eigenvalue weighted by molar-refractivity contribution is -0.116. The lowest BCUT2D eigenvalue weighted by Crippen LogP contribution is -2.19. The average Bonchev–Trinajstić information content (AvgIpc) is 2.98. The summed E-state index contributed by atoms with van der Waals surface area (Å²) in [5, 5.41) is 2.78. The highest BCUT2D eigenvalue weighted by molar-refractivity contribution is 5.91. The van der Waals surface area contributed by atoms with Crippen LogP contribution in [0.3, 0.4) is 0 Å². The molecule has 0 fully saturated rings. The summed E-state index contributed by atoms with van der Waals surface area (Å²) in [5.74, 6) is 0.689. The van der Waals surface area contributed by atoms with Crippen molar-refractivity contribution < 1.29 is 13.9 Å². The minimum atomic E-state index is -0.139. The summed E-state index contributed by atoms with van der Waals surface area (Å²) < 4.78 is 10.3. The number of carbonyl (C=O) groups excluding carboxylic acids is 1. The van der Waals surface area contributed by atoms with Gasteiger partial charge in [-0.25, -0.2) is 0 Å². The first-order valence-corrected chi connectivity index (χ1v) is 6.48. The van der Waals surface area contributed by atoms with Gasteiger partial charge in [0.1, 0.15) is 5.75 Å². The molecule has 0 aliphatic heterocycles. The molecule has 104 valence electrons. The summed E-state index contributed by atoms with van der Waals surface area (Å²) >= 11 is 0. The Morgan fingerprint density at radius 3 is 2.75 bits per heavy atom. The van der Waals surface area contributed by atoms with Gasteiger partial charge in [0.25, 0.3) is 0 Å². The predicted molar refractivity (Wildman–Crippen MR) is 77.2 cm³/mol. The maximum absolute atomic E-state index is 11.6. The molecule has 2 aromatic rings. The molecule has 0 radical (unpaired) electrons. The van der Waals surface area contributed by atoms with Crippen LogP contribution in [0.1, 0.15) is 18.1 Å². The monoisotopic (exact) mass is 271 g/mol. The van der Waals surface area contributed by atoms with Gasteiger partial charge in [-0.05, 0) is 36.8 Å². The Hall–Kier alpha value is -2.49. The quantitative estimate of drug-likeness (QED) is 0.822. The van der Waals surface area contributed by atoms with Crippen molar-refractivity contribution in [2.75, 3.05) is 6.61 Å². The van der Waals surface area contributed by atoms with E-state index in [4.69, 9.17) is 9.15 Å². The van der Waals surface area contributed by atoms with Crippen LogP contribution in [0.15, 0.2) is 53.4 Å². The van der Waals surface area contributed by atoms with Crippen LogP contribution in [0.25, 0.3) is 6.08 Å². The third-order valence-electron chi connectivity index (χ3n) is 2.67. The Morgan fingerprint density at radius 2 is 2.10 bits per heavy atom. The second kappa shape index (κ2) is 7.19. The number of ether oxygens (including phenoxy) is 1. The Bertz CT molecular complexity index is 556. The minimum absolute atomic E-state index is 0.139. The molecule has 2 rings (SSSR count). The normalized spacial score (nSPS) is 10.7. The molecule has 0 atom stereocenters. The molecule has 0 aliphatic rings. The number of hydrogen-bond donors (Lipinski definition) is 1. The maximum atomic E-state index is 11.6. The number of rotatable bonds is 6. The molecular formula is C16H17NO3. The Balaban J connectivity index is 1.83. The number of amides is 1. The van der Waals surface area contributed by atoms with Crippen molar-refractivity contribution in [1.29, 1.82) is 0 Å². The Labute approximate surface area is 118 Å². The smallest absolute Gasteiger partial charge is 0.244 e. The van der Waals surface area contributed by atoms with Crippen molar-refractivity contribution in [3.8, 4) is 5.75 Å². The first-order chi connectivity index (χ1) is 9.78. The van der Waals surface area contributed by atoms with E-state index in [1.165, 1.54) is 6.08 Å². The molecule has 0 aliphatic carbocycles. The predicted octanol–water partition coefficient (Wildman–Crippen LogP) is 3.01. The van der Waals surface area contributed by atoms with E-state index in [0.717, 1.165) is 16.9 Å². The highest BCUT2D eigenvalue weighted by Crippen LogP contribution is 2.12. The van der Waals surface area contributed by atoms with Gasteiger partial charge in [-0.2, -0.15) is 0 Å². The molecule has 1 heterocycles. The fourth-order valence-electron chi connectivity index (χ4n) is 1.66. The number of hydrogen-bond acceptors (Lipinski definition) is 3. The number of benzene rings is 1. The lowest BCUT2D eigenvalue weighted by atomic mass is 10.2. The first kappa shape index (κ1) is 13.9. The second-order valence-corrected chi connectivity index (χ2v) is 4.18. The molecule has 4 heteroatoms. The molecule has 0 saturated carbocycles. The van der Waals surface area contributed by atoms with Gasteiger partial charge in [0, 0.05) is 18.2 Å². The third-order valence-corrected chi connectivity index (χ3v) is 2.67. The van der Waals surface area contributed by atoms with Gasteiger partial charge in [0.2, 0.25) is 5.91 Å². The molecule has 4 nitrogen and oxygen atoms in total. The summed E-state index contributed by atoms with van der Waals surface area (Å²) in [4.78, 5) is 11.6. The van der Waals surface area contributed by atoms with Crippen molar-refractivity contribution in [2.45, 2.75) is 13.5 Å². The highest BCUT2D eigenvalue weighted by Gasteiger charge is 1.98. The van der Waals surface area contributed by atoms with E-state index in [1.54, 1.807) is 18.6 Å². The second-order valence-electron chi connectivity index (χ2n) is 4.18. The largest absolute Gasteiger partial charge is 0.494 e. The van der Waals surface area contributed by atoms with Crippen molar-refractivity contribution in [3.05, 3.63) is 60.1 Å². The standard InChI is InChI=1S/C16H17NO3/c1-2-20-15-6-3-13(4-7-15)5-8-16(18)17-11-14-9-10-19-12-14/h3-10,12H,2,11H2,1H3,(H,17,18). The highest BCUT2D eigenvalue weighted by atomic mass is 16.5. The molecule has 0 saturated heterocycles. The Morgan fingerprint density at radius 1 is 1.30 bits per heavy atom. The fraction of sp³-hybridized carbons (Fsp3) is 0.188. The molecule has 1 amide bonds. The van der Waals surface area contributed by atoms with Gasteiger partial charge in [-0.15, -0.1) is 0 Å².